The van der Waals surface area contributed by atoms with Crippen LogP contribution in [0.25, 0.3) is 22.3 Å². The molecule has 31 heavy (non-hydrogen) atoms. The van der Waals surface area contributed by atoms with Crippen molar-refractivity contribution in [3.05, 3.63) is 112 Å². The van der Waals surface area contributed by atoms with Crippen LogP contribution in [0.15, 0.2) is 83.3 Å². The van der Waals surface area contributed by atoms with E-state index in [2.05, 4.69) is 15.9 Å². The van der Waals surface area contributed by atoms with E-state index < -0.39 is 23.3 Å². The Hall–Kier alpha value is -3.12. The molecule has 0 amide bonds. The van der Waals surface area contributed by atoms with Crippen molar-refractivity contribution in [1.29, 1.82) is 0 Å². The van der Waals surface area contributed by atoms with Crippen LogP contribution in [-0.2, 0) is 6.61 Å². The molecule has 0 unspecified atom stereocenters. The van der Waals surface area contributed by atoms with Gasteiger partial charge in [-0.25, -0.2) is 17.6 Å². The van der Waals surface area contributed by atoms with Gasteiger partial charge in [0.25, 0.3) is 0 Å². The minimum Gasteiger partial charge on any atom is -0.489 e. The van der Waals surface area contributed by atoms with E-state index in [0.717, 1.165) is 17.7 Å². The Balaban J connectivity index is 1.63. The number of ether oxygens (including phenoxy) is 1. The summed E-state index contributed by atoms with van der Waals surface area (Å²) in [7, 11) is 0. The van der Waals surface area contributed by atoms with Gasteiger partial charge in [0.2, 0.25) is 0 Å². The van der Waals surface area contributed by atoms with Crippen LogP contribution in [0.2, 0.25) is 0 Å². The van der Waals surface area contributed by atoms with Crippen LogP contribution in [0.1, 0.15) is 5.56 Å². The molecule has 0 aliphatic heterocycles. The van der Waals surface area contributed by atoms with Crippen LogP contribution in [0.5, 0.6) is 5.75 Å². The maximum Gasteiger partial charge on any atom is 0.167 e. The summed E-state index contributed by atoms with van der Waals surface area (Å²) in [5, 5.41) is 0. The SMILES string of the molecule is Fc1cc(Br)ccc1-c1ccc(-c2ccc(OCc3ccccc3)cc2F)c(F)c1F. The minimum absolute atomic E-state index is 0.0868. The molecule has 0 radical (unpaired) electrons. The highest BCUT2D eigenvalue weighted by atomic mass is 79.9. The molecule has 0 saturated heterocycles. The van der Waals surface area contributed by atoms with E-state index >= 15 is 0 Å². The lowest BCUT2D eigenvalue weighted by molar-refractivity contribution is 0.304. The molecule has 4 aromatic rings. The Morgan fingerprint density at radius 3 is 1.74 bits per heavy atom. The van der Waals surface area contributed by atoms with E-state index in [0.29, 0.717) is 4.47 Å². The highest BCUT2D eigenvalue weighted by Gasteiger charge is 2.20. The van der Waals surface area contributed by atoms with E-state index in [-0.39, 0.29) is 34.6 Å². The second-order valence-corrected chi connectivity index (χ2v) is 7.74. The third-order valence-electron chi connectivity index (χ3n) is 4.78. The second kappa shape index (κ2) is 8.94. The largest absolute Gasteiger partial charge is 0.489 e. The highest BCUT2D eigenvalue weighted by Crippen LogP contribution is 2.35. The van der Waals surface area contributed by atoms with E-state index in [1.807, 2.05) is 30.3 Å². The van der Waals surface area contributed by atoms with Gasteiger partial charge in [-0.3, -0.25) is 0 Å². The molecule has 0 N–H and O–H groups in total. The smallest absolute Gasteiger partial charge is 0.167 e. The van der Waals surface area contributed by atoms with Gasteiger partial charge in [-0.15, -0.1) is 0 Å². The van der Waals surface area contributed by atoms with Crippen molar-refractivity contribution < 1.29 is 22.3 Å². The van der Waals surface area contributed by atoms with E-state index in [1.165, 1.54) is 36.4 Å². The Bertz CT molecular complexity index is 1240. The van der Waals surface area contributed by atoms with Crippen molar-refractivity contribution in [2.45, 2.75) is 6.61 Å². The predicted molar refractivity (Wildman–Crippen MR) is 116 cm³/mol. The van der Waals surface area contributed by atoms with Crippen LogP contribution in [0, 0.1) is 23.3 Å². The fraction of sp³-hybridized carbons (Fsp3) is 0.0400. The first kappa shape index (κ1) is 21.1. The first-order valence-corrected chi connectivity index (χ1v) is 10.1. The summed E-state index contributed by atoms with van der Waals surface area (Å²) in [4.78, 5) is 0. The molecular weight excluding hydrogens is 472 g/mol. The lowest BCUT2D eigenvalue weighted by atomic mass is 9.98. The maximum absolute atomic E-state index is 14.8. The van der Waals surface area contributed by atoms with Gasteiger partial charge in [-0.1, -0.05) is 64.5 Å². The van der Waals surface area contributed by atoms with Gasteiger partial charge >= 0.3 is 0 Å². The minimum atomic E-state index is -1.25. The molecular formula is C25H15BrF4O. The number of halogens is 5. The number of hydrogen-bond acceptors (Lipinski definition) is 1. The van der Waals surface area contributed by atoms with Gasteiger partial charge in [-0.05, 0) is 29.8 Å². The van der Waals surface area contributed by atoms with Gasteiger partial charge in [-0.2, -0.15) is 0 Å². The summed E-state index contributed by atoms with van der Waals surface area (Å²) < 4.78 is 64.4. The summed E-state index contributed by atoms with van der Waals surface area (Å²) >= 11 is 3.12. The third kappa shape index (κ3) is 4.49. The summed E-state index contributed by atoms with van der Waals surface area (Å²) in [6.45, 7) is 0.246. The van der Waals surface area contributed by atoms with Gasteiger partial charge in [0, 0.05) is 32.8 Å². The molecule has 6 heteroatoms. The molecule has 156 valence electrons. The van der Waals surface area contributed by atoms with E-state index in [4.69, 9.17) is 4.74 Å². The van der Waals surface area contributed by atoms with Crippen molar-refractivity contribution in [2.24, 2.45) is 0 Å². The number of rotatable bonds is 5. The van der Waals surface area contributed by atoms with E-state index in [1.54, 1.807) is 0 Å². The fourth-order valence-corrected chi connectivity index (χ4v) is 3.55. The molecule has 1 nitrogen and oxygen atoms in total. The average Bonchev–Trinajstić information content (AvgIpc) is 2.76. The van der Waals surface area contributed by atoms with Crippen LogP contribution in [0.4, 0.5) is 17.6 Å². The molecule has 4 aromatic carbocycles. The van der Waals surface area contributed by atoms with Crippen LogP contribution in [0.3, 0.4) is 0 Å². The zero-order chi connectivity index (χ0) is 22.0. The van der Waals surface area contributed by atoms with Gasteiger partial charge < -0.3 is 4.74 Å². The summed E-state index contributed by atoms with van der Waals surface area (Å²) in [6.07, 6.45) is 0. The van der Waals surface area contributed by atoms with Crippen LogP contribution < -0.4 is 4.74 Å². The standard InChI is InChI=1S/C25H15BrF4O/c26-16-6-8-18(22(27)12-16)20-10-11-21(25(30)24(20)29)19-9-7-17(13-23(19)28)31-14-15-4-2-1-3-5-15/h1-13H,14H2. The van der Waals surface area contributed by atoms with Gasteiger partial charge in [0.05, 0.1) is 0 Å². The van der Waals surface area contributed by atoms with Gasteiger partial charge in [0.15, 0.2) is 11.6 Å². The Kier molecular flexibility index (Phi) is 6.09. The predicted octanol–water partition coefficient (Wildman–Crippen LogP) is 7.92. The zero-order valence-corrected chi connectivity index (χ0v) is 17.6. The molecule has 0 aliphatic carbocycles. The molecule has 0 aromatic heterocycles. The van der Waals surface area contributed by atoms with Crippen LogP contribution in [-0.4, -0.2) is 0 Å². The zero-order valence-electron chi connectivity index (χ0n) is 16.0. The molecule has 0 heterocycles. The lowest BCUT2D eigenvalue weighted by Crippen LogP contribution is -1.98. The normalized spacial score (nSPS) is 10.9. The first-order chi connectivity index (χ1) is 14.9. The lowest BCUT2D eigenvalue weighted by Gasteiger charge is -2.12. The Morgan fingerprint density at radius 2 is 1.16 bits per heavy atom. The monoisotopic (exact) mass is 486 g/mol. The quantitative estimate of drug-likeness (QED) is 0.260. The number of benzene rings is 4. The molecule has 0 atom stereocenters. The van der Waals surface area contributed by atoms with Crippen molar-refractivity contribution in [1.82, 2.24) is 0 Å². The molecule has 0 bridgehead atoms. The first-order valence-electron chi connectivity index (χ1n) is 9.34. The fourth-order valence-electron chi connectivity index (χ4n) is 3.22. The summed E-state index contributed by atoms with van der Waals surface area (Å²) in [6, 6.07) is 19.8. The molecule has 0 aliphatic rings. The Labute approximate surface area is 185 Å². The van der Waals surface area contributed by atoms with Crippen molar-refractivity contribution in [2.75, 3.05) is 0 Å². The molecule has 0 fully saturated rings. The molecule has 0 saturated carbocycles. The third-order valence-corrected chi connectivity index (χ3v) is 5.28. The topological polar surface area (TPSA) is 9.23 Å². The maximum atomic E-state index is 14.8. The second-order valence-electron chi connectivity index (χ2n) is 6.83. The van der Waals surface area contributed by atoms with Crippen molar-refractivity contribution in [3.63, 3.8) is 0 Å². The number of hydrogen-bond donors (Lipinski definition) is 0. The summed E-state index contributed by atoms with van der Waals surface area (Å²) in [5.74, 6) is -3.70. The van der Waals surface area contributed by atoms with Crippen molar-refractivity contribution in [3.8, 4) is 28.0 Å². The van der Waals surface area contributed by atoms with E-state index in [9.17, 15) is 17.6 Å². The van der Waals surface area contributed by atoms with Crippen LogP contribution >= 0.6 is 15.9 Å². The Morgan fingerprint density at radius 1 is 0.613 bits per heavy atom. The highest BCUT2D eigenvalue weighted by molar-refractivity contribution is 9.10. The van der Waals surface area contributed by atoms with Gasteiger partial charge in [0.1, 0.15) is 24.0 Å². The molecule has 0 spiro atoms. The average molecular weight is 487 g/mol. The van der Waals surface area contributed by atoms with Crippen molar-refractivity contribution >= 4 is 15.9 Å². The molecule has 4 rings (SSSR count). The summed E-state index contributed by atoms with van der Waals surface area (Å²) in [5.41, 5.74) is 0.207.